The Kier molecular flexibility index (Phi) is 4.47. The summed E-state index contributed by atoms with van der Waals surface area (Å²) in [7, 11) is 0. The molecule has 1 amide bonds. The average Bonchev–Trinajstić information content (AvgIpc) is 3.24. The van der Waals surface area contributed by atoms with E-state index in [4.69, 9.17) is 4.52 Å². The summed E-state index contributed by atoms with van der Waals surface area (Å²) in [6.07, 6.45) is 9.11. The lowest BCUT2D eigenvalue weighted by Gasteiger charge is -2.35. The van der Waals surface area contributed by atoms with Crippen LogP contribution in [0.4, 0.5) is 0 Å². The first-order valence-electron chi connectivity index (χ1n) is 10.3. The summed E-state index contributed by atoms with van der Waals surface area (Å²) in [6.45, 7) is 4.74. The van der Waals surface area contributed by atoms with Gasteiger partial charge in [-0.15, -0.1) is 0 Å². The highest BCUT2D eigenvalue weighted by Gasteiger charge is 2.33. The van der Waals surface area contributed by atoms with Crippen molar-refractivity contribution in [2.24, 2.45) is 0 Å². The molecular weight excluding hydrogens is 342 g/mol. The second-order valence-corrected chi connectivity index (χ2v) is 8.19. The molecule has 7 heteroatoms. The fourth-order valence-corrected chi connectivity index (χ4v) is 4.38. The summed E-state index contributed by atoms with van der Waals surface area (Å²) in [4.78, 5) is 17.5. The van der Waals surface area contributed by atoms with Gasteiger partial charge in [0.2, 0.25) is 0 Å². The first-order valence-corrected chi connectivity index (χ1v) is 10.3. The number of nitrogens with zero attached hydrogens (tertiary/aromatic N) is 5. The summed E-state index contributed by atoms with van der Waals surface area (Å²) in [5, 5.41) is 8.57. The smallest absolute Gasteiger partial charge is 0.276 e. The molecule has 0 N–H and O–H groups in total. The number of amides is 1. The van der Waals surface area contributed by atoms with Gasteiger partial charge in [0, 0.05) is 31.3 Å². The van der Waals surface area contributed by atoms with Crippen molar-refractivity contribution in [3.63, 3.8) is 0 Å². The van der Waals surface area contributed by atoms with E-state index in [2.05, 4.69) is 19.8 Å². The molecule has 0 bridgehead atoms. The summed E-state index contributed by atoms with van der Waals surface area (Å²) in [5.74, 6) is 1.31. The van der Waals surface area contributed by atoms with Crippen LogP contribution >= 0.6 is 0 Å². The number of rotatable bonds is 5. The molecule has 1 aliphatic carbocycles. The predicted molar refractivity (Wildman–Crippen MR) is 99.4 cm³/mol. The van der Waals surface area contributed by atoms with E-state index < -0.39 is 0 Å². The molecule has 0 unspecified atom stereocenters. The summed E-state index contributed by atoms with van der Waals surface area (Å²) in [5.41, 5.74) is 1.55. The van der Waals surface area contributed by atoms with Gasteiger partial charge < -0.3 is 14.3 Å². The quantitative estimate of drug-likeness (QED) is 0.811. The van der Waals surface area contributed by atoms with Crippen LogP contribution in [0.25, 0.3) is 0 Å². The van der Waals surface area contributed by atoms with Crippen LogP contribution in [-0.4, -0.2) is 56.8 Å². The number of likely N-dealkylation sites (tertiary alicyclic amines) is 1. The second kappa shape index (κ2) is 7.11. The molecule has 2 aliphatic heterocycles. The third-order valence-electron chi connectivity index (χ3n) is 6.12. The normalized spacial score (nSPS) is 23.4. The summed E-state index contributed by atoms with van der Waals surface area (Å²) >= 11 is 0. The number of hydrogen-bond donors (Lipinski definition) is 0. The number of fused-ring (bicyclic) bond motifs is 1. The molecule has 1 saturated heterocycles. The first kappa shape index (κ1) is 17.0. The Morgan fingerprint density at radius 2 is 2.07 bits per heavy atom. The lowest BCUT2D eigenvalue weighted by atomic mass is 10.1. The highest BCUT2D eigenvalue weighted by molar-refractivity contribution is 5.92. The maximum atomic E-state index is 13.0. The van der Waals surface area contributed by atoms with Crippen LogP contribution in [0.1, 0.15) is 72.4 Å². The standard InChI is InChI=1S/C20H27N5O2/c26-20(18-12-19(27-22-18)15-4-5-15)24-13-16-6-8-21-25(16)17(14-24)7-11-23-9-2-1-3-10-23/h6,8,12,15,17H,1-5,7,9-11,13-14H2/t17-/m1/s1. The van der Waals surface area contributed by atoms with Crippen LogP contribution in [0.2, 0.25) is 0 Å². The van der Waals surface area contributed by atoms with E-state index >= 15 is 0 Å². The molecule has 2 aromatic rings. The lowest BCUT2D eigenvalue weighted by Crippen LogP contribution is -2.42. The van der Waals surface area contributed by atoms with Gasteiger partial charge in [-0.2, -0.15) is 5.10 Å². The molecule has 2 fully saturated rings. The number of carbonyl (C=O) groups excluding carboxylic acids is 1. The number of hydrogen-bond acceptors (Lipinski definition) is 5. The molecule has 0 spiro atoms. The molecule has 1 saturated carbocycles. The monoisotopic (exact) mass is 369 g/mol. The fourth-order valence-electron chi connectivity index (χ4n) is 4.38. The molecule has 7 nitrogen and oxygen atoms in total. The molecule has 1 atom stereocenters. The largest absolute Gasteiger partial charge is 0.360 e. The Hall–Kier alpha value is -2.15. The van der Waals surface area contributed by atoms with E-state index in [9.17, 15) is 4.79 Å². The predicted octanol–water partition coefficient (Wildman–Crippen LogP) is 2.82. The Balaban J connectivity index is 1.28. The third kappa shape index (κ3) is 3.52. The van der Waals surface area contributed by atoms with Crippen molar-refractivity contribution in [1.29, 1.82) is 0 Å². The lowest BCUT2D eigenvalue weighted by molar-refractivity contribution is 0.0644. The van der Waals surface area contributed by atoms with E-state index in [1.54, 1.807) is 0 Å². The van der Waals surface area contributed by atoms with Gasteiger partial charge in [-0.1, -0.05) is 11.6 Å². The molecule has 0 aromatic carbocycles. The van der Waals surface area contributed by atoms with Crippen LogP contribution in [0.15, 0.2) is 22.9 Å². The molecular formula is C20H27N5O2. The SMILES string of the molecule is O=C(c1cc(C2CC2)on1)N1Cc2ccnn2[C@H](CCN2CCCCC2)C1. The Morgan fingerprint density at radius 3 is 2.89 bits per heavy atom. The van der Waals surface area contributed by atoms with Gasteiger partial charge in [-0.3, -0.25) is 9.48 Å². The average molecular weight is 369 g/mol. The van der Waals surface area contributed by atoms with Crippen molar-refractivity contribution in [1.82, 2.24) is 24.7 Å². The number of aromatic nitrogens is 3. The van der Waals surface area contributed by atoms with Gasteiger partial charge >= 0.3 is 0 Å². The second-order valence-electron chi connectivity index (χ2n) is 8.19. The maximum Gasteiger partial charge on any atom is 0.276 e. The van der Waals surface area contributed by atoms with E-state index in [0.717, 1.165) is 37.3 Å². The minimum Gasteiger partial charge on any atom is -0.360 e. The van der Waals surface area contributed by atoms with Crippen molar-refractivity contribution in [3.8, 4) is 0 Å². The number of carbonyl (C=O) groups is 1. The van der Waals surface area contributed by atoms with Crippen LogP contribution in [0, 0.1) is 0 Å². The van der Waals surface area contributed by atoms with Gasteiger partial charge in [0.15, 0.2) is 5.69 Å². The zero-order chi connectivity index (χ0) is 18.2. The summed E-state index contributed by atoms with van der Waals surface area (Å²) < 4.78 is 7.50. The highest BCUT2D eigenvalue weighted by Crippen LogP contribution is 2.40. The van der Waals surface area contributed by atoms with Gasteiger partial charge in [-0.05, 0) is 51.3 Å². The van der Waals surface area contributed by atoms with Gasteiger partial charge in [-0.25, -0.2) is 0 Å². The maximum absolute atomic E-state index is 13.0. The van der Waals surface area contributed by atoms with Gasteiger partial charge in [0.05, 0.1) is 18.3 Å². The number of piperidine rings is 1. The first-order chi connectivity index (χ1) is 13.3. The molecule has 5 rings (SSSR count). The zero-order valence-corrected chi connectivity index (χ0v) is 15.7. The van der Waals surface area contributed by atoms with Gasteiger partial charge in [0.25, 0.3) is 5.91 Å². The molecule has 0 radical (unpaired) electrons. The van der Waals surface area contributed by atoms with E-state index in [-0.39, 0.29) is 11.9 Å². The topological polar surface area (TPSA) is 67.4 Å². The van der Waals surface area contributed by atoms with Crippen molar-refractivity contribution < 1.29 is 9.32 Å². The molecule has 144 valence electrons. The van der Waals surface area contributed by atoms with Crippen LogP contribution in [-0.2, 0) is 6.54 Å². The van der Waals surface area contributed by atoms with Crippen LogP contribution in [0.5, 0.6) is 0 Å². The molecule has 2 aromatic heterocycles. The molecule has 3 aliphatic rings. The Labute approximate surface area is 159 Å². The van der Waals surface area contributed by atoms with Gasteiger partial charge in [0.1, 0.15) is 5.76 Å². The van der Waals surface area contributed by atoms with Crippen LogP contribution in [0.3, 0.4) is 0 Å². The van der Waals surface area contributed by atoms with Crippen LogP contribution < -0.4 is 0 Å². The van der Waals surface area contributed by atoms with Crippen molar-refractivity contribution >= 4 is 5.91 Å². The molecule has 27 heavy (non-hydrogen) atoms. The zero-order valence-electron chi connectivity index (χ0n) is 15.7. The fraction of sp³-hybridized carbons (Fsp3) is 0.650. The third-order valence-corrected chi connectivity index (χ3v) is 6.12. The van der Waals surface area contributed by atoms with Crippen molar-refractivity contribution in [2.75, 3.05) is 26.2 Å². The van der Waals surface area contributed by atoms with E-state index in [1.807, 2.05) is 23.2 Å². The van der Waals surface area contributed by atoms with Crippen molar-refractivity contribution in [2.45, 2.75) is 57.0 Å². The Morgan fingerprint density at radius 1 is 1.22 bits per heavy atom. The minimum absolute atomic E-state index is 0.0268. The Bertz CT molecular complexity index is 803. The highest BCUT2D eigenvalue weighted by atomic mass is 16.5. The summed E-state index contributed by atoms with van der Waals surface area (Å²) in [6, 6.07) is 4.09. The van der Waals surface area contributed by atoms with Crippen molar-refractivity contribution in [3.05, 3.63) is 35.5 Å². The van der Waals surface area contributed by atoms with E-state index in [1.165, 1.54) is 32.4 Å². The molecule has 4 heterocycles. The minimum atomic E-state index is -0.0268. The van der Waals surface area contributed by atoms with E-state index in [0.29, 0.717) is 24.7 Å².